The molecular formula is C17H19NO. The Morgan fingerprint density at radius 3 is 2.21 bits per heavy atom. The van der Waals surface area contributed by atoms with E-state index in [-0.39, 0.29) is 5.91 Å². The predicted molar refractivity (Wildman–Crippen MR) is 78.3 cm³/mol. The zero-order valence-corrected chi connectivity index (χ0v) is 11.4. The Labute approximate surface area is 114 Å². The van der Waals surface area contributed by atoms with Crippen molar-refractivity contribution in [1.82, 2.24) is 0 Å². The summed E-state index contributed by atoms with van der Waals surface area (Å²) in [6.45, 7) is 4.16. The highest BCUT2D eigenvalue weighted by Crippen LogP contribution is 2.15. The van der Waals surface area contributed by atoms with Gasteiger partial charge in [-0.25, -0.2) is 0 Å². The fourth-order valence-electron chi connectivity index (χ4n) is 2.15. The maximum atomic E-state index is 11.3. The van der Waals surface area contributed by atoms with Gasteiger partial charge in [0.2, 0.25) is 5.91 Å². The first kappa shape index (κ1) is 13.3. The first-order valence-electron chi connectivity index (χ1n) is 6.56. The van der Waals surface area contributed by atoms with Crippen molar-refractivity contribution >= 4 is 5.91 Å². The lowest BCUT2D eigenvalue weighted by molar-refractivity contribution is 0.1000. The number of benzene rings is 2. The molecule has 0 aliphatic heterocycles. The summed E-state index contributed by atoms with van der Waals surface area (Å²) in [7, 11) is 0. The summed E-state index contributed by atoms with van der Waals surface area (Å²) < 4.78 is 0. The number of carbonyl (C=O) groups is 1. The van der Waals surface area contributed by atoms with Crippen LogP contribution < -0.4 is 5.73 Å². The second kappa shape index (κ2) is 5.70. The van der Waals surface area contributed by atoms with Crippen molar-refractivity contribution in [2.45, 2.75) is 26.7 Å². The van der Waals surface area contributed by atoms with Crippen LogP contribution in [0.3, 0.4) is 0 Å². The van der Waals surface area contributed by atoms with Gasteiger partial charge in [0.25, 0.3) is 0 Å². The third kappa shape index (κ3) is 3.44. The van der Waals surface area contributed by atoms with E-state index >= 15 is 0 Å². The van der Waals surface area contributed by atoms with Gasteiger partial charge in [0, 0.05) is 5.56 Å². The van der Waals surface area contributed by atoms with Gasteiger partial charge in [-0.1, -0.05) is 42.8 Å². The molecule has 0 atom stereocenters. The first-order valence-corrected chi connectivity index (χ1v) is 6.56. The van der Waals surface area contributed by atoms with Crippen LogP contribution in [0.1, 0.15) is 39.5 Å². The molecule has 2 heteroatoms. The molecule has 2 aromatic carbocycles. The Morgan fingerprint density at radius 2 is 1.63 bits per heavy atom. The number of carbonyl (C=O) groups excluding carboxylic acids is 1. The number of hydrogen-bond donors (Lipinski definition) is 1. The zero-order valence-electron chi connectivity index (χ0n) is 11.4. The molecule has 19 heavy (non-hydrogen) atoms. The summed E-state index contributed by atoms with van der Waals surface area (Å²) in [5.41, 5.74) is 10.8. The quantitative estimate of drug-likeness (QED) is 0.893. The van der Waals surface area contributed by atoms with Crippen LogP contribution in [0.4, 0.5) is 0 Å². The molecule has 1 amide bonds. The molecular weight excluding hydrogens is 234 g/mol. The van der Waals surface area contributed by atoms with Crippen molar-refractivity contribution in [3.63, 3.8) is 0 Å². The number of primary amides is 1. The van der Waals surface area contributed by atoms with E-state index in [0.29, 0.717) is 5.56 Å². The number of aryl methyl sites for hydroxylation is 2. The van der Waals surface area contributed by atoms with Gasteiger partial charge < -0.3 is 5.73 Å². The molecule has 0 unspecified atom stereocenters. The maximum absolute atomic E-state index is 11.3. The normalized spacial score (nSPS) is 10.4. The summed E-state index contributed by atoms with van der Waals surface area (Å²) in [6, 6.07) is 14.4. The monoisotopic (exact) mass is 253 g/mol. The molecule has 2 aromatic rings. The molecule has 0 heterocycles. The standard InChI is InChI=1S/C17H19NO/c1-3-13-8-15(11-16(10-13)17(18)19)9-14-6-4-12(2)5-7-14/h4-8,10-11H,3,9H2,1-2H3,(H2,18,19). The van der Waals surface area contributed by atoms with E-state index in [0.717, 1.165) is 24.0 Å². The van der Waals surface area contributed by atoms with Crippen LogP contribution in [0.15, 0.2) is 42.5 Å². The summed E-state index contributed by atoms with van der Waals surface area (Å²) in [5.74, 6) is -0.361. The number of nitrogens with two attached hydrogens (primary N) is 1. The van der Waals surface area contributed by atoms with Gasteiger partial charge in [-0.2, -0.15) is 0 Å². The molecule has 0 bridgehead atoms. The van der Waals surface area contributed by atoms with E-state index in [1.54, 1.807) is 0 Å². The van der Waals surface area contributed by atoms with Crippen LogP contribution in [0.25, 0.3) is 0 Å². The average Bonchev–Trinajstić information content (AvgIpc) is 2.41. The molecule has 0 aliphatic carbocycles. The summed E-state index contributed by atoms with van der Waals surface area (Å²) in [5, 5.41) is 0. The molecule has 0 aromatic heterocycles. The molecule has 2 rings (SSSR count). The van der Waals surface area contributed by atoms with Crippen molar-refractivity contribution in [3.05, 3.63) is 70.3 Å². The molecule has 0 aliphatic rings. The Kier molecular flexibility index (Phi) is 4.00. The molecule has 0 saturated carbocycles. The van der Waals surface area contributed by atoms with E-state index in [1.165, 1.54) is 11.1 Å². The SMILES string of the molecule is CCc1cc(Cc2ccc(C)cc2)cc(C(N)=O)c1. The van der Waals surface area contributed by atoms with Gasteiger partial charge in [0.05, 0.1) is 0 Å². The first-order chi connectivity index (χ1) is 9.08. The second-order valence-corrected chi connectivity index (χ2v) is 4.92. The van der Waals surface area contributed by atoms with E-state index in [1.807, 2.05) is 12.1 Å². The Balaban J connectivity index is 2.31. The van der Waals surface area contributed by atoms with Crippen LogP contribution in [0.2, 0.25) is 0 Å². The van der Waals surface area contributed by atoms with Crippen molar-refractivity contribution in [2.24, 2.45) is 5.73 Å². The van der Waals surface area contributed by atoms with Gasteiger partial charge in [-0.3, -0.25) is 4.79 Å². The van der Waals surface area contributed by atoms with E-state index in [4.69, 9.17) is 5.73 Å². The molecule has 0 saturated heterocycles. The number of amides is 1. The highest BCUT2D eigenvalue weighted by Gasteiger charge is 2.05. The van der Waals surface area contributed by atoms with Crippen molar-refractivity contribution < 1.29 is 4.79 Å². The summed E-state index contributed by atoms with van der Waals surface area (Å²) in [4.78, 5) is 11.3. The van der Waals surface area contributed by atoms with Crippen LogP contribution in [0.5, 0.6) is 0 Å². The molecule has 0 spiro atoms. The van der Waals surface area contributed by atoms with Crippen LogP contribution in [0, 0.1) is 6.92 Å². The van der Waals surface area contributed by atoms with Crippen molar-refractivity contribution in [1.29, 1.82) is 0 Å². The highest BCUT2D eigenvalue weighted by molar-refractivity contribution is 5.93. The third-order valence-corrected chi connectivity index (χ3v) is 3.27. The van der Waals surface area contributed by atoms with Gasteiger partial charge >= 0.3 is 0 Å². The minimum atomic E-state index is -0.361. The largest absolute Gasteiger partial charge is 0.366 e. The Hall–Kier alpha value is -2.09. The molecule has 0 fully saturated rings. The smallest absolute Gasteiger partial charge is 0.248 e. The van der Waals surface area contributed by atoms with E-state index in [2.05, 4.69) is 44.2 Å². The van der Waals surface area contributed by atoms with Gasteiger partial charge in [0.1, 0.15) is 0 Å². The lowest BCUT2D eigenvalue weighted by Gasteiger charge is -2.07. The van der Waals surface area contributed by atoms with E-state index in [9.17, 15) is 4.79 Å². The lowest BCUT2D eigenvalue weighted by atomic mass is 9.98. The predicted octanol–water partition coefficient (Wildman–Crippen LogP) is 3.25. The van der Waals surface area contributed by atoms with Crippen LogP contribution in [-0.4, -0.2) is 5.91 Å². The Bertz CT molecular complexity index is 585. The second-order valence-electron chi connectivity index (χ2n) is 4.92. The molecule has 98 valence electrons. The minimum absolute atomic E-state index is 0.361. The molecule has 2 nitrogen and oxygen atoms in total. The topological polar surface area (TPSA) is 43.1 Å². The van der Waals surface area contributed by atoms with Crippen LogP contribution >= 0.6 is 0 Å². The maximum Gasteiger partial charge on any atom is 0.248 e. The van der Waals surface area contributed by atoms with Gasteiger partial charge in [-0.05, 0) is 48.6 Å². The third-order valence-electron chi connectivity index (χ3n) is 3.27. The van der Waals surface area contributed by atoms with Crippen molar-refractivity contribution in [2.75, 3.05) is 0 Å². The zero-order chi connectivity index (χ0) is 13.8. The summed E-state index contributed by atoms with van der Waals surface area (Å²) in [6.07, 6.45) is 1.73. The van der Waals surface area contributed by atoms with Crippen LogP contribution in [-0.2, 0) is 12.8 Å². The fourth-order valence-corrected chi connectivity index (χ4v) is 2.15. The molecule has 0 radical (unpaired) electrons. The Morgan fingerprint density at radius 1 is 1.00 bits per heavy atom. The highest BCUT2D eigenvalue weighted by atomic mass is 16.1. The summed E-state index contributed by atoms with van der Waals surface area (Å²) >= 11 is 0. The van der Waals surface area contributed by atoms with Gasteiger partial charge in [0.15, 0.2) is 0 Å². The number of rotatable bonds is 4. The molecule has 2 N–H and O–H groups in total. The average molecular weight is 253 g/mol. The fraction of sp³-hybridized carbons (Fsp3) is 0.235. The number of hydrogen-bond acceptors (Lipinski definition) is 1. The van der Waals surface area contributed by atoms with Crippen molar-refractivity contribution in [3.8, 4) is 0 Å². The van der Waals surface area contributed by atoms with E-state index < -0.39 is 0 Å². The minimum Gasteiger partial charge on any atom is -0.366 e. The van der Waals surface area contributed by atoms with Gasteiger partial charge in [-0.15, -0.1) is 0 Å². The lowest BCUT2D eigenvalue weighted by Crippen LogP contribution is -2.12.